The van der Waals surface area contributed by atoms with Crippen molar-refractivity contribution in [3.63, 3.8) is 0 Å². The summed E-state index contributed by atoms with van der Waals surface area (Å²) in [7, 11) is 1.62. The molecule has 0 bridgehead atoms. The van der Waals surface area contributed by atoms with Gasteiger partial charge in [-0.05, 0) is 38.1 Å². The van der Waals surface area contributed by atoms with Gasteiger partial charge in [-0.15, -0.1) is 0 Å². The molecule has 1 unspecified atom stereocenters. The van der Waals surface area contributed by atoms with Gasteiger partial charge in [0.15, 0.2) is 5.82 Å². The molecule has 0 fully saturated rings. The maximum Gasteiger partial charge on any atom is 0.257 e. The Morgan fingerprint density at radius 1 is 1.30 bits per heavy atom. The molecule has 0 aliphatic rings. The zero-order chi connectivity index (χ0) is 14.6. The first-order chi connectivity index (χ1) is 9.56. The highest BCUT2D eigenvalue weighted by molar-refractivity contribution is 5.54. The standard InChI is InChI=1S/C14H19N3O3/c1-4-19-9-14(2,15)13-16-12(20-17-13)10-5-7-11(18-3)8-6-10/h5-8H,4,9,15H2,1-3H3. The van der Waals surface area contributed by atoms with Crippen molar-refractivity contribution in [1.82, 2.24) is 10.1 Å². The number of rotatable bonds is 6. The first-order valence-electron chi connectivity index (χ1n) is 6.42. The number of nitrogens with two attached hydrogens (primary N) is 1. The highest BCUT2D eigenvalue weighted by atomic mass is 16.5. The Kier molecular flexibility index (Phi) is 4.36. The fourth-order valence-electron chi connectivity index (χ4n) is 1.68. The summed E-state index contributed by atoms with van der Waals surface area (Å²) in [6, 6.07) is 7.38. The highest BCUT2D eigenvalue weighted by Crippen LogP contribution is 2.23. The molecule has 108 valence electrons. The van der Waals surface area contributed by atoms with Crippen LogP contribution in [0.5, 0.6) is 5.75 Å². The van der Waals surface area contributed by atoms with E-state index in [1.165, 1.54) is 0 Å². The zero-order valence-electron chi connectivity index (χ0n) is 11.9. The van der Waals surface area contributed by atoms with E-state index in [-0.39, 0.29) is 0 Å². The molecule has 6 heteroatoms. The molecule has 0 aliphatic carbocycles. The Bertz CT molecular complexity index is 549. The fraction of sp³-hybridized carbons (Fsp3) is 0.429. The minimum atomic E-state index is -0.774. The fourth-order valence-corrected chi connectivity index (χ4v) is 1.68. The largest absolute Gasteiger partial charge is 0.497 e. The van der Waals surface area contributed by atoms with Crippen molar-refractivity contribution in [2.24, 2.45) is 5.73 Å². The van der Waals surface area contributed by atoms with Gasteiger partial charge in [0, 0.05) is 12.2 Å². The second kappa shape index (κ2) is 6.02. The van der Waals surface area contributed by atoms with Crippen LogP contribution in [0.1, 0.15) is 19.7 Å². The van der Waals surface area contributed by atoms with Crippen molar-refractivity contribution in [3.8, 4) is 17.2 Å². The van der Waals surface area contributed by atoms with Crippen LogP contribution in [0.3, 0.4) is 0 Å². The smallest absolute Gasteiger partial charge is 0.257 e. The summed E-state index contributed by atoms with van der Waals surface area (Å²) >= 11 is 0. The van der Waals surface area contributed by atoms with E-state index in [2.05, 4.69) is 10.1 Å². The minimum absolute atomic E-state index is 0.338. The Labute approximate surface area is 117 Å². The molecule has 1 aromatic heterocycles. The number of nitrogens with zero attached hydrogens (tertiary/aromatic N) is 2. The molecule has 0 aliphatic heterocycles. The van der Waals surface area contributed by atoms with Crippen molar-refractivity contribution in [2.75, 3.05) is 20.3 Å². The molecule has 0 saturated heterocycles. The lowest BCUT2D eigenvalue weighted by molar-refractivity contribution is 0.0962. The molecule has 0 spiro atoms. The third-order valence-corrected chi connectivity index (χ3v) is 2.88. The average Bonchev–Trinajstić information content (AvgIpc) is 2.96. The normalized spacial score (nSPS) is 14.0. The van der Waals surface area contributed by atoms with E-state index in [0.717, 1.165) is 11.3 Å². The quantitative estimate of drug-likeness (QED) is 0.869. The first-order valence-corrected chi connectivity index (χ1v) is 6.42. The van der Waals surface area contributed by atoms with Crippen molar-refractivity contribution in [2.45, 2.75) is 19.4 Å². The maximum absolute atomic E-state index is 6.13. The molecule has 1 aromatic carbocycles. The van der Waals surface area contributed by atoms with Crippen LogP contribution in [0.4, 0.5) is 0 Å². The molecule has 0 radical (unpaired) electrons. The first kappa shape index (κ1) is 14.5. The van der Waals surface area contributed by atoms with Gasteiger partial charge in [0.2, 0.25) is 0 Å². The molecule has 6 nitrogen and oxygen atoms in total. The minimum Gasteiger partial charge on any atom is -0.497 e. The van der Waals surface area contributed by atoms with Gasteiger partial charge < -0.3 is 19.7 Å². The van der Waals surface area contributed by atoms with Crippen LogP contribution in [0, 0.1) is 0 Å². The van der Waals surface area contributed by atoms with E-state index in [1.54, 1.807) is 7.11 Å². The highest BCUT2D eigenvalue weighted by Gasteiger charge is 2.28. The van der Waals surface area contributed by atoms with Gasteiger partial charge >= 0.3 is 0 Å². The van der Waals surface area contributed by atoms with Crippen LogP contribution in [0.15, 0.2) is 28.8 Å². The van der Waals surface area contributed by atoms with Crippen molar-refractivity contribution in [1.29, 1.82) is 0 Å². The third kappa shape index (κ3) is 3.15. The third-order valence-electron chi connectivity index (χ3n) is 2.88. The SMILES string of the molecule is CCOCC(C)(N)c1noc(-c2ccc(OC)cc2)n1. The molecule has 0 saturated carbocycles. The number of methoxy groups -OCH3 is 1. The number of hydrogen-bond donors (Lipinski definition) is 1. The van der Waals surface area contributed by atoms with Gasteiger partial charge in [-0.1, -0.05) is 5.16 Å². The summed E-state index contributed by atoms with van der Waals surface area (Å²) in [6.45, 7) is 4.65. The van der Waals surface area contributed by atoms with Gasteiger partial charge in [-0.2, -0.15) is 4.98 Å². The predicted octanol–water partition coefficient (Wildman–Crippen LogP) is 1.96. The summed E-state index contributed by atoms with van der Waals surface area (Å²) in [6.07, 6.45) is 0. The summed E-state index contributed by atoms with van der Waals surface area (Å²) in [5.74, 6) is 1.63. The lowest BCUT2D eigenvalue weighted by Gasteiger charge is -2.19. The van der Waals surface area contributed by atoms with Crippen LogP contribution in [0.25, 0.3) is 11.5 Å². The molecule has 0 amide bonds. The van der Waals surface area contributed by atoms with Crippen molar-refractivity contribution >= 4 is 0 Å². The maximum atomic E-state index is 6.13. The van der Waals surface area contributed by atoms with Crippen LogP contribution in [0.2, 0.25) is 0 Å². The average molecular weight is 277 g/mol. The van der Waals surface area contributed by atoms with Gasteiger partial charge in [0.25, 0.3) is 5.89 Å². The van der Waals surface area contributed by atoms with E-state index < -0.39 is 5.54 Å². The molecular formula is C14H19N3O3. The monoisotopic (exact) mass is 277 g/mol. The zero-order valence-corrected chi connectivity index (χ0v) is 11.9. The topological polar surface area (TPSA) is 83.4 Å². The van der Waals surface area contributed by atoms with E-state index in [1.807, 2.05) is 38.1 Å². The number of ether oxygens (including phenoxy) is 2. The van der Waals surface area contributed by atoms with E-state index in [0.29, 0.717) is 24.9 Å². The van der Waals surface area contributed by atoms with Crippen LogP contribution >= 0.6 is 0 Å². The van der Waals surface area contributed by atoms with E-state index in [4.69, 9.17) is 19.7 Å². The van der Waals surface area contributed by atoms with Crippen LogP contribution in [-0.4, -0.2) is 30.5 Å². The lowest BCUT2D eigenvalue weighted by Crippen LogP contribution is -2.39. The summed E-state index contributed by atoms with van der Waals surface area (Å²) in [5.41, 5.74) is 6.17. The van der Waals surface area contributed by atoms with Gasteiger partial charge in [0.05, 0.1) is 13.7 Å². The van der Waals surface area contributed by atoms with Gasteiger partial charge in [-0.25, -0.2) is 0 Å². The van der Waals surface area contributed by atoms with Gasteiger partial charge in [0.1, 0.15) is 11.3 Å². The molecular weight excluding hydrogens is 258 g/mol. The summed E-state index contributed by atoms with van der Waals surface area (Å²) in [5, 5.41) is 3.94. The van der Waals surface area contributed by atoms with Crippen LogP contribution in [-0.2, 0) is 10.3 Å². The second-order valence-corrected chi connectivity index (χ2v) is 4.71. The van der Waals surface area contributed by atoms with E-state index in [9.17, 15) is 0 Å². The van der Waals surface area contributed by atoms with Crippen molar-refractivity contribution < 1.29 is 14.0 Å². The molecule has 2 N–H and O–H groups in total. The Hall–Kier alpha value is -1.92. The Morgan fingerprint density at radius 3 is 2.60 bits per heavy atom. The molecule has 1 heterocycles. The lowest BCUT2D eigenvalue weighted by atomic mass is 10.1. The van der Waals surface area contributed by atoms with Gasteiger partial charge in [-0.3, -0.25) is 0 Å². The molecule has 1 atom stereocenters. The van der Waals surface area contributed by atoms with E-state index >= 15 is 0 Å². The second-order valence-electron chi connectivity index (χ2n) is 4.71. The molecule has 2 rings (SSSR count). The molecule has 20 heavy (non-hydrogen) atoms. The van der Waals surface area contributed by atoms with Crippen LogP contribution < -0.4 is 10.5 Å². The number of benzene rings is 1. The number of aromatic nitrogens is 2. The summed E-state index contributed by atoms with van der Waals surface area (Å²) < 4.78 is 15.7. The summed E-state index contributed by atoms with van der Waals surface area (Å²) in [4.78, 5) is 4.34. The predicted molar refractivity (Wildman–Crippen MR) is 74.3 cm³/mol. The Morgan fingerprint density at radius 2 is 2.00 bits per heavy atom. The number of hydrogen-bond acceptors (Lipinski definition) is 6. The van der Waals surface area contributed by atoms with Crippen molar-refractivity contribution in [3.05, 3.63) is 30.1 Å². The molecule has 2 aromatic rings. The Balaban J connectivity index is 2.19.